The molecule has 3 nitrogen and oxygen atoms in total. The monoisotopic (exact) mass is 562 g/mol. The van der Waals surface area contributed by atoms with Crippen LogP contribution in [0.2, 0.25) is 0 Å². The second-order valence-corrected chi connectivity index (χ2v) is 12.9. The van der Waals surface area contributed by atoms with Crippen LogP contribution in [0.25, 0.3) is 10.9 Å². The molecule has 2 saturated carbocycles. The summed E-state index contributed by atoms with van der Waals surface area (Å²) in [5.74, 6) is 2.42. The first-order chi connectivity index (χ1) is 18.0. The molecule has 1 atom stereocenters. The van der Waals surface area contributed by atoms with Crippen molar-refractivity contribution in [3.63, 3.8) is 0 Å². The predicted octanol–water partition coefficient (Wildman–Crippen LogP) is 8.54. The number of ketones is 1. The second kappa shape index (κ2) is 12.3. The molecule has 1 heterocycles. The van der Waals surface area contributed by atoms with E-state index in [9.17, 15) is 4.79 Å². The van der Waals surface area contributed by atoms with Crippen molar-refractivity contribution in [1.82, 2.24) is 4.57 Å². The van der Waals surface area contributed by atoms with Crippen molar-refractivity contribution >= 4 is 32.6 Å². The Bertz CT molecular complexity index is 1200. The Kier molecular flexibility index (Phi) is 8.87. The number of carbonyl (C=O) groups excluding carboxylic acids is 1. The fraction of sp³-hybridized carbons (Fsp3) is 0.545. The highest BCUT2D eigenvalue weighted by Gasteiger charge is 2.27. The first kappa shape index (κ1) is 26.7. The summed E-state index contributed by atoms with van der Waals surface area (Å²) in [5, 5.41) is 1.29. The Labute approximate surface area is 231 Å². The molecule has 3 aromatic rings. The molecular weight excluding hydrogens is 520 g/mol. The Hall–Kier alpha value is -1.91. The van der Waals surface area contributed by atoms with Crippen LogP contribution in [0.3, 0.4) is 0 Å². The number of aromatic nitrogens is 1. The van der Waals surface area contributed by atoms with Crippen LogP contribution in [0, 0.1) is 24.7 Å². The van der Waals surface area contributed by atoms with Gasteiger partial charge in [-0.05, 0) is 99.1 Å². The average Bonchev–Trinajstić information content (AvgIpc) is 3.25. The molecule has 198 valence electrons. The molecule has 2 aromatic carbocycles. The van der Waals surface area contributed by atoms with E-state index in [2.05, 4.69) is 76.1 Å². The van der Waals surface area contributed by atoms with Crippen LogP contribution in [0.4, 0.5) is 0 Å². The van der Waals surface area contributed by atoms with E-state index in [-0.39, 0.29) is 5.92 Å². The summed E-state index contributed by atoms with van der Waals surface area (Å²) in [6.07, 6.45) is 15.1. The molecule has 2 aliphatic carbocycles. The van der Waals surface area contributed by atoms with Crippen LogP contribution in [0.1, 0.15) is 93.2 Å². The number of nitrogens with two attached hydrogens (primary N) is 1. The Morgan fingerprint density at radius 3 is 2.46 bits per heavy atom. The number of nitrogens with zero attached hydrogens (tertiary/aromatic N) is 1. The lowest BCUT2D eigenvalue weighted by Gasteiger charge is -2.27. The van der Waals surface area contributed by atoms with Crippen molar-refractivity contribution in [3.8, 4) is 0 Å². The van der Waals surface area contributed by atoms with Crippen molar-refractivity contribution in [2.75, 3.05) is 6.54 Å². The second-order valence-electron chi connectivity index (χ2n) is 11.9. The van der Waals surface area contributed by atoms with E-state index < -0.39 is 0 Å². The smallest absolute Gasteiger partial charge is 0.134 e. The summed E-state index contributed by atoms with van der Waals surface area (Å²) in [7, 11) is 0. The quantitative estimate of drug-likeness (QED) is 0.284. The topological polar surface area (TPSA) is 48.0 Å². The summed E-state index contributed by atoms with van der Waals surface area (Å²) < 4.78 is 3.59. The fourth-order valence-electron chi connectivity index (χ4n) is 6.97. The summed E-state index contributed by atoms with van der Waals surface area (Å²) in [6.45, 7) is 4.02. The zero-order chi connectivity index (χ0) is 25.8. The highest BCUT2D eigenvalue weighted by atomic mass is 79.9. The van der Waals surface area contributed by atoms with Crippen LogP contribution >= 0.6 is 15.9 Å². The summed E-state index contributed by atoms with van der Waals surface area (Å²) >= 11 is 3.73. The predicted molar refractivity (Wildman–Crippen MR) is 158 cm³/mol. The molecule has 2 aliphatic rings. The van der Waals surface area contributed by atoms with Crippen LogP contribution < -0.4 is 5.73 Å². The molecule has 0 aliphatic heterocycles. The molecule has 2 fully saturated rings. The van der Waals surface area contributed by atoms with Crippen molar-refractivity contribution < 1.29 is 4.79 Å². The Morgan fingerprint density at radius 2 is 1.73 bits per heavy atom. The molecule has 5 rings (SSSR count). The van der Waals surface area contributed by atoms with Gasteiger partial charge in [0.2, 0.25) is 0 Å². The third kappa shape index (κ3) is 6.57. The molecule has 0 saturated heterocycles. The summed E-state index contributed by atoms with van der Waals surface area (Å²) in [6, 6.07) is 15.5. The van der Waals surface area contributed by atoms with Gasteiger partial charge in [0.1, 0.15) is 5.78 Å². The van der Waals surface area contributed by atoms with Gasteiger partial charge in [0.25, 0.3) is 0 Å². The summed E-state index contributed by atoms with van der Waals surface area (Å²) in [5.41, 5.74) is 11.0. The molecule has 0 bridgehead atoms. The number of carbonyl (C=O) groups is 1. The normalized spacial score (nSPS) is 21.8. The maximum atomic E-state index is 13.6. The number of hydrogen-bond donors (Lipinski definition) is 1. The van der Waals surface area contributed by atoms with Gasteiger partial charge in [0.05, 0.1) is 0 Å². The zero-order valence-electron chi connectivity index (χ0n) is 22.4. The van der Waals surface area contributed by atoms with E-state index >= 15 is 0 Å². The summed E-state index contributed by atoms with van der Waals surface area (Å²) in [4.78, 5) is 13.6. The standard InChI is InChI=1S/C33H43BrN2O/c1-23-6-5-9-27(16-23)30(19-29(37)17-24-10-12-25(20-35)13-11-24)32-22-36(21-26-7-3-2-4-8-26)33-15-14-28(34)18-31(32)33/h5-6,9,14-16,18,22,24-26,30H,2-4,7-8,10-13,17,19-21,35H2,1H3. The first-order valence-electron chi connectivity index (χ1n) is 14.6. The van der Waals surface area contributed by atoms with Crippen molar-refractivity contribution in [1.29, 1.82) is 0 Å². The number of rotatable bonds is 9. The number of hydrogen-bond acceptors (Lipinski definition) is 2. The van der Waals surface area contributed by atoms with Gasteiger partial charge in [-0.1, -0.05) is 65.0 Å². The highest BCUT2D eigenvalue weighted by Crippen LogP contribution is 2.39. The third-order valence-electron chi connectivity index (χ3n) is 9.12. The minimum atomic E-state index is 0.0807. The number of halogens is 1. The van der Waals surface area contributed by atoms with Crippen molar-refractivity contribution in [2.24, 2.45) is 23.5 Å². The lowest BCUT2D eigenvalue weighted by Crippen LogP contribution is -2.23. The van der Waals surface area contributed by atoms with E-state index in [1.54, 1.807) is 0 Å². The van der Waals surface area contributed by atoms with E-state index in [0.717, 1.165) is 36.3 Å². The van der Waals surface area contributed by atoms with Gasteiger partial charge in [0, 0.05) is 46.9 Å². The SMILES string of the molecule is Cc1cccc(C(CC(=O)CC2CCC(CN)CC2)c2cn(CC3CCCCC3)c3ccc(Br)cc23)c1. The van der Waals surface area contributed by atoms with Crippen LogP contribution in [-0.2, 0) is 11.3 Å². The lowest BCUT2D eigenvalue weighted by atomic mass is 9.78. The highest BCUT2D eigenvalue weighted by molar-refractivity contribution is 9.10. The first-order valence-corrected chi connectivity index (χ1v) is 15.4. The molecule has 37 heavy (non-hydrogen) atoms. The molecule has 1 aromatic heterocycles. The Balaban J connectivity index is 1.45. The number of benzene rings is 2. The number of aryl methyl sites for hydroxylation is 1. The van der Waals surface area contributed by atoms with E-state index in [1.165, 1.54) is 72.5 Å². The minimum Gasteiger partial charge on any atom is -0.347 e. The number of fused-ring (bicyclic) bond motifs is 1. The largest absolute Gasteiger partial charge is 0.347 e. The molecule has 0 amide bonds. The maximum Gasteiger partial charge on any atom is 0.134 e. The third-order valence-corrected chi connectivity index (χ3v) is 9.61. The zero-order valence-corrected chi connectivity index (χ0v) is 24.0. The molecule has 0 spiro atoms. The maximum absolute atomic E-state index is 13.6. The van der Waals surface area contributed by atoms with Crippen molar-refractivity contribution in [2.45, 2.75) is 90.0 Å². The van der Waals surface area contributed by atoms with Gasteiger partial charge >= 0.3 is 0 Å². The van der Waals surface area contributed by atoms with Gasteiger partial charge in [-0.2, -0.15) is 0 Å². The van der Waals surface area contributed by atoms with Gasteiger partial charge in [-0.25, -0.2) is 0 Å². The molecular formula is C33H43BrN2O. The van der Waals surface area contributed by atoms with Crippen molar-refractivity contribution in [3.05, 3.63) is 69.8 Å². The van der Waals surface area contributed by atoms with E-state index in [1.807, 2.05) is 0 Å². The fourth-order valence-corrected chi connectivity index (χ4v) is 7.33. The van der Waals surface area contributed by atoms with Gasteiger partial charge in [0.15, 0.2) is 0 Å². The molecule has 0 radical (unpaired) electrons. The van der Waals surface area contributed by atoms with Gasteiger partial charge in [-0.3, -0.25) is 4.79 Å². The lowest BCUT2D eigenvalue weighted by molar-refractivity contribution is -0.120. The number of Topliss-reactive ketones (excluding diaryl/α,β-unsaturated/α-hetero) is 1. The molecule has 2 N–H and O–H groups in total. The van der Waals surface area contributed by atoms with Crippen LogP contribution in [-0.4, -0.2) is 16.9 Å². The molecule has 1 unspecified atom stereocenters. The van der Waals surface area contributed by atoms with E-state index in [4.69, 9.17) is 5.73 Å². The minimum absolute atomic E-state index is 0.0807. The van der Waals surface area contributed by atoms with Gasteiger partial charge < -0.3 is 10.3 Å². The molecule has 4 heteroatoms. The Morgan fingerprint density at radius 1 is 0.973 bits per heavy atom. The van der Waals surface area contributed by atoms with Crippen LogP contribution in [0.5, 0.6) is 0 Å². The average molecular weight is 564 g/mol. The van der Waals surface area contributed by atoms with Crippen LogP contribution in [0.15, 0.2) is 53.1 Å². The van der Waals surface area contributed by atoms with Gasteiger partial charge in [-0.15, -0.1) is 0 Å². The van der Waals surface area contributed by atoms with E-state index in [0.29, 0.717) is 30.5 Å².